The molecule has 0 saturated carbocycles. The van der Waals surface area contributed by atoms with E-state index in [0.717, 1.165) is 51.4 Å². The number of ether oxygens (including phenoxy) is 1. The van der Waals surface area contributed by atoms with E-state index in [1.54, 1.807) is 0 Å². The van der Waals surface area contributed by atoms with Crippen molar-refractivity contribution in [2.24, 2.45) is 0 Å². The molecule has 6 heteroatoms. The van der Waals surface area contributed by atoms with E-state index in [9.17, 15) is 14.4 Å². The number of unbranched alkanes of at least 4 members (excludes halogenated alkanes) is 13. The maximum absolute atomic E-state index is 12.4. The summed E-state index contributed by atoms with van der Waals surface area (Å²) >= 11 is 0. The average Bonchev–Trinajstić information content (AvgIpc) is 2.85. The van der Waals surface area contributed by atoms with Gasteiger partial charge in [0, 0.05) is 19.4 Å². The second-order valence-corrected chi connectivity index (χ2v) is 9.88. The van der Waals surface area contributed by atoms with Gasteiger partial charge in [0.25, 0.3) is 0 Å². The molecule has 0 aliphatic carbocycles. The Balaban J connectivity index is 3.98. The summed E-state index contributed by atoms with van der Waals surface area (Å²) in [4.78, 5) is 36.7. The van der Waals surface area contributed by atoms with Crippen LogP contribution in [0.2, 0.25) is 0 Å². The molecule has 0 bridgehead atoms. The van der Waals surface area contributed by atoms with Crippen molar-refractivity contribution in [3.63, 3.8) is 0 Å². The first-order valence-corrected chi connectivity index (χ1v) is 14.8. The molecule has 35 heavy (non-hydrogen) atoms. The van der Waals surface area contributed by atoms with Crippen molar-refractivity contribution in [3.05, 3.63) is 0 Å². The number of esters is 1. The van der Waals surface area contributed by atoms with Gasteiger partial charge in [-0.25, -0.2) is 4.79 Å². The first kappa shape index (κ1) is 33.4. The van der Waals surface area contributed by atoms with Gasteiger partial charge in [0.05, 0.1) is 6.61 Å². The van der Waals surface area contributed by atoms with Crippen LogP contribution in [0.4, 0.5) is 0 Å². The van der Waals surface area contributed by atoms with Gasteiger partial charge in [0.15, 0.2) is 0 Å². The van der Waals surface area contributed by atoms with E-state index >= 15 is 0 Å². The predicted molar refractivity (Wildman–Crippen MR) is 145 cm³/mol. The Morgan fingerprint density at radius 3 is 1.66 bits per heavy atom. The molecule has 0 aromatic carbocycles. The zero-order chi connectivity index (χ0) is 26.0. The highest BCUT2D eigenvalue weighted by atomic mass is 16.5. The lowest BCUT2D eigenvalue weighted by Gasteiger charge is -2.18. The minimum atomic E-state index is -0.595. The third-order valence-corrected chi connectivity index (χ3v) is 6.32. The maximum atomic E-state index is 12.4. The first-order valence-electron chi connectivity index (χ1n) is 14.8. The topological polar surface area (TPSA) is 84.5 Å². The van der Waals surface area contributed by atoms with Crippen molar-refractivity contribution in [3.8, 4) is 0 Å². The third-order valence-electron chi connectivity index (χ3n) is 6.32. The second kappa shape index (κ2) is 25.5. The molecular formula is C29H56N2O4. The van der Waals surface area contributed by atoms with Gasteiger partial charge >= 0.3 is 5.97 Å². The lowest BCUT2D eigenvalue weighted by Crippen LogP contribution is -2.42. The van der Waals surface area contributed by atoms with Crippen LogP contribution in [0.1, 0.15) is 149 Å². The van der Waals surface area contributed by atoms with E-state index in [1.165, 1.54) is 57.8 Å². The summed E-state index contributed by atoms with van der Waals surface area (Å²) in [5.41, 5.74) is 0. The summed E-state index contributed by atoms with van der Waals surface area (Å²) in [6.45, 7) is 7.34. The van der Waals surface area contributed by atoms with E-state index in [4.69, 9.17) is 4.74 Å². The van der Waals surface area contributed by atoms with Crippen LogP contribution in [-0.2, 0) is 19.1 Å². The summed E-state index contributed by atoms with van der Waals surface area (Å²) < 4.78 is 5.28. The molecule has 0 aromatic rings. The highest BCUT2D eigenvalue weighted by Gasteiger charge is 2.21. The van der Waals surface area contributed by atoms with Crippen LogP contribution in [0.25, 0.3) is 0 Å². The molecule has 0 aliphatic rings. The van der Waals surface area contributed by atoms with Gasteiger partial charge < -0.3 is 15.4 Å². The highest BCUT2D eigenvalue weighted by Crippen LogP contribution is 2.11. The molecule has 0 fully saturated rings. The summed E-state index contributed by atoms with van der Waals surface area (Å²) in [6, 6.07) is -0.595. The summed E-state index contributed by atoms with van der Waals surface area (Å²) in [7, 11) is 0. The van der Waals surface area contributed by atoms with Gasteiger partial charge in [0.1, 0.15) is 6.04 Å². The number of hydrogen-bond donors (Lipinski definition) is 2. The zero-order valence-corrected chi connectivity index (χ0v) is 23.3. The van der Waals surface area contributed by atoms with Crippen LogP contribution in [0.15, 0.2) is 0 Å². The standard InChI is InChI=1S/C29H56N2O4/c1-4-7-9-11-12-13-14-16-17-22-27(32)30-24-20-19-21-26(29(34)35-25-6-3)31-28(33)23-18-15-10-8-5-2/h26H,4-25H2,1-3H3,(H,30,32)(H,31,33). The van der Waals surface area contributed by atoms with Gasteiger partial charge in [-0.2, -0.15) is 0 Å². The summed E-state index contributed by atoms with van der Waals surface area (Å²) in [6.07, 6.45) is 20.5. The van der Waals surface area contributed by atoms with Crippen molar-refractivity contribution in [2.45, 2.75) is 155 Å². The van der Waals surface area contributed by atoms with Crippen LogP contribution in [0.5, 0.6) is 0 Å². The van der Waals surface area contributed by atoms with E-state index in [0.29, 0.717) is 32.4 Å². The largest absolute Gasteiger partial charge is 0.464 e. The molecule has 0 radical (unpaired) electrons. The van der Waals surface area contributed by atoms with E-state index in [1.807, 2.05) is 6.92 Å². The molecule has 0 heterocycles. The Bertz CT molecular complexity index is 525. The molecule has 0 aromatic heterocycles. The van der Waals surface area contributed by atoms with Crippen molar-refractivity contribution in [1.29, 1.82) is 0 Å². The van der Waals surface area contributed by atoms with Crippen molar-refractivity contribution >= 4 is 17.8 Å². The van der Waals surface area contributed by atoms with Crippen molar-refractivity contribution in [1.82, 2.24) is 10.6 Å². The molecule has 2 amide bonds. The fraction of sp³-hybridized carbons (Fsp3) is 0.897. The number of rotatable bonds is 25. The van der Waals surface area contributed by atoms with Gasteiger partial charge in [-0.1, -0.05) is 97.8 Å². The van der Waals surface area contributed by atoms with Crippen LogP contribution < -0.4 is 10.6 Å². The van der Waals surface area contributed by atoms with Crippen LogP contribution in [-0.4, -0.2) is 37.0 Å². The monoisotopic (exact) mass is 496 g/mol. The van der Waals surface area contributed by atoms with Gasteiger partial charge in [-0.15, -0.1) is 0 Å². The lowest BCUT2D eigenvalue weighted by atomic mass is 10.1. The molecule has 206 valence electrons. The Morgan fingerprint density at radius 1 is 0.600 bits per heavy atom. The number of carbonyl (C=O) groups excluding carboxylic acids is 3. The van der Waals surface area contributed by atoms with E-state index < -0.39 is 6.04 Å². The summed E-state index contributed by atoms with van der Waals surface area (Å²) in [5, 5.41) is 5.86. The Morgan fingerprint density at radius 2 is 1.11 bits per heavy atom. The fourth-order valence-electron chi connectivity index (χ4n) is 4.09. The van der Waals surface area contributed by atoms with Gasteiger partial charge in [-0.05, 0) is 38.5 Å². The maximum Gasteiger partial charge on any atom is 0.328 e. The second-order valence-electron chi connectivity index (χ2n) is 9.88. The number of carbonyl (C=O) groups is 3. The van der Waals surface area contributed by atoms with Crippen molar-refractivity contribution < 1.29 is 19.1 Å². The van der Waals surface area contributed by atoms with Gasteiger partial charge in [0.2, 0.25) is 11.8 Å². The third kappa shape index (κ3) is 22.6. The van der Waals surface area contributed by atoms with Crippen molar-refractivity contribution in [2.75, 3.05) is 13.2 Å². The molecule has 0 aliphatic heterocycles. The lowest BCUT2D eigenvalue weighted by molar-refractivity contribution is -0.148. The predicted octanol–water partition coefficient (Wildman–Crippen LogP) is 6.99. The van der Waals surface area contributed by atoms with E-state index in [2.05, 4.69) is 24.5 Å². The van der Waals surface area contributed by atoms with Crippen LogP contribution >= 0.6 is 0 Å². The summed E-state index contributed by atoms with van der Waals surface area (Å²) in [5.74, 6) is -0.307. The quantitative estimate of drug-likeness (QED) is 0.105. The normalized spacial score (nSPS) is 11.7. The molecule has 1 unspecified atom stereocenters. The van der Waals surface area contributed by atoms with Crippen LogP contribution in [0, 0.1) is 0 Å². The fourth-order valence-corrected chi connectivity index (χ4v) is 4.09. The SMILES string of the molecule is CCCCCCCCCCCC(=O)NCCCCC(NC(=O)CCCCCCC)C(=O)OCCC. The van der Waals surface area contributed by atoms with E-state index in [-0.39, 0.29) is 17.8 Å². The minimum Gasteiger partial charge on any atom is -0.464 e. The average molecular weight is 497 g/mol. The Hall–Kier alpha value is -1.59. The highest BCUT2D eigenvalue weighted by molar-refractivity contribution is 5.84. The number of hydrogen-bond acceptors (Lipinski definition) is 4. The molecule has 0 rings (SSSR count). The number of amides is 2. The Labute approximate surface area is 216 Å². The first-order chi connectivity index (χ1) is 17.0. The Kier molecular flexibility index (Phi) is 24.3. The number of nitrogens with one attached hydrogen (secondary N) is 2. The zero-order valence-electron chi connectivity index (χ0n) is 23.3. The molecule has 0 saturated heterocycles. The molecule has 0 spiro atoms. The van der Waals surface area contributed by atoms with Gasteiger partial charge in [-0.3, -0.25) is 9.59 Å². The molecule has 2 N–H and O–H groups in total. The van der Waals surface area contributed by atoms with Crippen LogP contribution in [0.3, 0.4) is 0 Å². The smallest absolute Gasteiger partial charge is 0.328 e. The minimum absolute atomic E-state index is 0.0748. The molecular weight excluding hydrogens is 440 g/mol. The molecule has 1 atom stereocenters. The molecule has 6 nitrogen and oxygen atoms in total.